The summed E-state index contributed by atoms with van der Waals surface area (Å²) in [4.78, 5) is 1.17. The second kappa shape index (κ2) is 4.21. The molecule has 0 spiro atoms. The van der Waals surface area contributed by atoms with E-state index in [4.69, 9.17) is 17.3 Å². The van der Waals surface area contributed by atoms with Gasteiger partial charge in [-0.2, -0.15) is 0 Å². The topological polar surface area (TPSA) is 26.0 Å². The molecule has 0 amide bonds. The third kappa shape index (κ3) is 2.29. The van der Waals surface area contributed by atoms with Crippen LogP contribution in [0.4, 0.5) is 0 Å². The van der Waals surface area contributed by atoms with E-state index < -0.39 is 0 Å². The molecule has 1 nitrogen and oxygen atoms in total. The van der Waals surface area contributed by atoms with E-state index in [0.717, 1.165) is 16.1 Å². The molecule has 0 atom stereocenters. The van der Waals surface area contributed by atoms with Crippen LogP contribution in [-0.2, 0) is 5.54 Å². The van der Waals surface area contributed by atoms with Crippen molar-refractivity contribution in [2.45, 2.75) is 19.4 Å². The number of thiophene rings is 1. The van der Waals surface area contributed by atoms with Gasteiger partial charge in [-0.05, 0) is 36.9 Å². The van der Waals surface area contributed by atoms with Crippen molar-refractivity contribution in [2.24, 2.45) is 5.73 Å². The van der Waals surface area contributed by atoms with Gasteiger partial charge in [0.15, 0.2) is 0 Å². The first-order valence-corrected chi connectivity index (χ1v) is 6.37. The minimum atomic E-state index is -0.296. The van der Waals surface area contributed by atoms with E-state index >= 15 is 0 Å². The van der Waals surface area contributed by atoms with Gasteiger partial charge in [0, 0.05) is 21.0 Å². The fourth-order valence-electron chi connectivity index (χ4n) is 1.48. The molecule has 0 saturated heterocycles. The van der Waals surface area contributed by atoms with Crippen molar-refractivity contribution in [3.63, 3.8) is 0 Å². The molecule has 0 radical (unpaired) electrons. The zero-order chi connectivity index (χ0) is 11.8. The quantitative estimate of drug-likeness (QED) is 0.848. The summed E-state index contributed by atoms with van der Waals surface area (Å²) >= 11 is 7.84. The van der Waals surface area contributed by atoms with Crippen molar-refractivity contribution in [3.05, 3.63) is 46.3 Å². The lowest BCUT2D eigenvalue weighted by atomic mass is 9.98. The molecule has 84 valence electrons. The fraction of sp³-hybridized carbons (Fsp3) is 0.231. The Morgan fingerprint density at radius 3 is 2.50 bits per heavy atom. The standard InChI is InChI=1S/C13H14ClNS/c1-13(2,15)9-7-12(16-8-9)10-5-3-4-6-11(10)14/h3-8H,15H2,1-2H3. The van der Waals surface area contributed by atoms with E-state index in [1.807, 2.05) is 38.1 Å². The van der Waals surface area contributed by atoms with Crippen LogP contribution in [0, 0.1) is 0 Å². The van der Waals surface area contributed by atoms with Crippen LogP contribution in [0.15, 0.2) is 35.7 Å². The minimum Gasteiger partial charge on any atom is -0.322 e. The lowest BCUT2D eigenvalue weighted by Gasteiger charge is -2.16. The molecule has 0 aliphatic rings. The summed E-state index contributed by atoms with van der Waals surface area (Å²) in [5.74, 6) is 0. The average molecular weight is 252 g/mol. The van der Waals surface area contributed by atoms with Gasteiger partial charge >= 0.3 is 0 Å². The summed E-state index contributed by atoms with van der Waals surface area (Å²) in [6, 6.07) is 9.98. The van der Waals surface area contributed by atoms with Crippen LogP contribution in [0.2, 0.25) is 5.02 Å². The number of hydrogen-bond acceptors (Lipinski definition) is 2. The highest BCUT2D eigenvalue weighted by molar-refractivity contribution is 7.13. The van der Waals surface area contributed by atoms with Gasteiger partial charge in [0.05, 0.1) is 0 Å². The number of benzene rings is 1. The molecule has 2 N–H and O–H groups in total. The average Bonchev–Trinajstić information content (AvgIpc) is 2.66. The summed E-state index contributed by atoms with van der Waals surface area (Å²) in [7, 11) is 0. The molecule has 0 fully saturated rings. The zero-order valence-corrected chi connectivity index (χ0v) is 10.9. The van der Waals surface area contributed by atoms with Crippen molar-refractivity contribution in [2.75, 3.05) is 0 Å². The Kier molecular flexibility index (Phi) is 3.06. The Balaban J connectivity index is 2.44. The van der Waals surface area contributed by atoms with Crippen LogP contribution in [0.1, 0.15) is 19.4 Å². The zero-order valence-electron chi connectivity index (χ0n) is 9.33. The Morgan fingerprint density at radius 1 is 1.25 bits per heavy atom. The molecule has 0 bridgehead atoms. The summed E-state index contributed by atoms with van der Waals surface area (Å²) in [5.41, 5.74) is 7.98. The molecular formula is C13H14ClNS. The van der Waals surface area contributed by atoms with Gasteiger partial charge in [0.25, 0.3) is 0 Å². The molecule has 2 aromatic rings. The van der Waals surface area contributed by atoms with E-state index in [9.17, 15) is 0 Å². The Morgan fingerprint density at radius 2 is 1.94 bits per heavy atom. The molecule has 0 aliphatic heterocycles. The molecular weight excluding hydrogens is 238 g/mol. The number of hydrogen-bond donors (Lipinski definition) is 1. The van der Waals surface area contributed by atoms with Crippen molar-refractivity contribution in [1.29, 1.82) is 0 Å². The molecule has 0 unspecified atom stereocenters. The monoisotopic (exact) mass is 251 g/mol. The van der Waals surface area contributed by atoms with Crippen molar-refractivity contribution >= 4 is 22.9 Å². The molecule has 2 rings (SSSR count). The predicted molar refractivity (Wildman–Crippen MR) is 72.0 cm³/mol. The number of rotatable bonds is 2. The second-order valence-corrected chi connectivity index (χ2v) is 5.72. The summed E-state index contributed by atoms with van der Waals surface area (Å²) in [6.45, 7) is 4.01. The van der Waals surface area contributed by atoms with Crippen LogP contribution in [0.5, 0.6) is 0 Å². The second-order valence-electron chi connectivity index (χ2n) is 4.40. The summed E-state index contributed by atoms with van der Waals surface area (Å²) in [5, 5.41) is 2.88. The van der Waals surface area contributed by atoms with Gasteiger partial charge in [-0.3, -0.25) is 0 Å². The first kappa shape index (κ1) is 11.6. The highest BCUT2D eigenvalue weighted by Crippen LogP contribution is 2.34. The van der Waals surface area contributed by atoms with Gasteiger partial charge < -0.3 is 5.73 Å². The van der Waals surface area contributed by atoms with E-state index in [1.165, 1.54) is 4.88 Å². The highest BCUT2D eigenvalue weighted by atomic mass is 35.5. The van der Waals surface area contributed by atoms with Crippen LogP contribution in [0.25, 0.3) is 10.4 Å². The molecule has 3 heteroatoms. The Bertz CT molecular complexity index is 497. The van der Waals surface area contributed by atoms with Crippen LogP contribution in [0.3, 0.4) is 0 Å². The Labute approximate surface area is 105 Å². The number of halogens is 1. The SMILES string of the molecule is CC(C)(N)c1csc(-c2ccccc2Cl)c1. The lowest BCUT2D eigenvalue weighted by Crippen LogP contribution is -2.27. The molecule has 1 aromatic carbocycles. The van der Waals surface area contributed by atoms with E-state index in [-0.39, 0.29) is 5.54 Å². The van der Waals surface area contributed by atoms with E-state index in [0.29, 0.717) is 0 Å². The highest BCUT2D eigenvalue weighted by Gasteiger charge is 2.16. The maximum atomic E-state index is 6.16. The number of nitrogens with two attached hydrogens (primary N) is 1. The van der Waals surface area contributed by atoms with Gasteiger partial charge in [-0.15, -0.1) is 11.3 Å². The van der Waals surface area contributed by atoms with Gasteiger partial charge in [-0.25, -0.2) is 0 Å². The first-order valence-electron chi connectivity index (χ1n) is 5.11. The van der Waals surface area contributed by atoms with E-state index in [1.54, 1.807) is 11.3 Å². The summed E-state index contributed by atoms with van der Waals surface area (Å²) < 4.78 is 0. The predicted octanol–water partition coefficient (Wildman–Crippen LogP) is 4.26. The molecule has 0 saturated carbocycles. The normalized spacial score (nSPS) is 11.8. The first-order chi connectivity index (χ1) is 7.48. The van der Waals surface area contributed by atoms with Crippen molar-refractivity contribution in [1.82, 2.24) is 0 Å². The third-order valence-electron chi connectivity index (χ3n) is 2.48. The smallest absolute Gasteiger partial charge is 0.0492 e. The summed E-state index contributed by atoms with van der Waals surface area (Å²) in [6.07, 6.45) is 0. The fourth-order valence-corrected chi connectivity index (χ4v) is 2.90. The molecule has 1 aromatic heterocycles. The van der Waals surface area contributed by atoms with Crippen molar-refractivity contribution < 1.29 is 0 Å². The van der Waals surface area contributed by atoms with E-state index in [2.05, 4.69) is 11.4 Å². The van der Waals surface area contributed by atoms with Crippen LogP contribution in [-0.4, -0.2) is 0 Å². The van der Waals surface area contributed by atoms with Crippen molar-refractivity contribution in [3.8, 4) is 10.4 Å². The third-order valence-corrected chi connectivity index (χ3v) is 3.78. The maximum absolute atomic E-state index is 6.16. The van der Waals surface area contributed by atoms with Gasteiger partial charge in [-0.1, -0.05) is 29.8 Å². The maximum Gasteiger partial charge on any atom is 0.0492 e. The van der Waals surface area contributed by atoms with Gasteiger partial charge in [0.2, 0.25) is 0 Å². The van der Waals surface area contributed by atoms with Crippen LogP contribution >= 0.6 is 22.9 Å². The molecule has 16 heavy (non-hydrogen) atoms. The van der Waals surface area contributed by atoms with Gasteiger partial charge in [0.1, 0.15) is 0 Å². The lowest BCUT2D eigenvalue weighted by molar-refractivity contribution is 0.557. The molecule has 1 heterocycles. The molecule has 0 aliphatic carbocycles. The van der Waals surface area contributed by atoms with Crippen LogP contribution < -0.4 is 5.73 Å². The Hall–Kier alpha value is -0.830. The minimum absolute atomic E-state index is 0.296. The largest absolute Gasteiger partial charge is 0.322 e.